The number of morpholine rings is 1. The van der Waals surface area contributed by atoms with Gasteiger partial charge in [-0.25, -0.2) is 0 Å². The molecule has 0 atom stereocenters. The Bertz CT molecular complexity index is 405. The fourth-order valence-electron chi connectivity index (χ4n) is 2.02. The second kappa shape index (κ2) is 8.79. The molecule has 5 nitrogen and oxygen atoms in total. The number of carbonyl (C=O) groups is 1. The predicted octanol–water partition coefficient (Wildman–Crippen LogP) is 1.49. The summed E-state index contributed by atoms with van der Waals surface area (Å²) in [6.45, 7) is 6.52. The Morgan fingerprint density at radius 2 is 1.90 bits per heavy atom. The van der Waals surface area contributed by atoms with Gasteiger partial charge < -0.3 is 20.3 Å². The van der Waals surface area contributed by atoms with Gasteiger partial charge in [0, 0.05) is 24.5 Å². The average molecular weight is 300 g/mol. The van der Waals surface area contributed by atoms with Crippen molar-refractivity contribution in [2.24, 2.45) is 0 Å². The molecule has 1 aliphatic heterocycles. The summed E-state index contributed by atoms with van der Waals surface area (Å²) in [7, 11) is 0. The average Bonchev–Trinajstić information content (AvgIpc) is 2.47. The number of rotatable bonds is 5. The second-order valence-corrected chi connectivity index (χ2v) is 4.47. The molecule has 0 unspecified atom stereocenters. The van der Waals surface area contributed by atoms with Gasteiger partial charge in [-0.3, -0.25) is 4.79 Å². The third kappa shape index (κ3) is 5.00. The van der Waals surface area contributed by atoms with E-state index in [-0.39, 0.29) is 18.3 Å². The maximum Gasteiger partial charge on any atom is 0.238 e. The van der Waals surface area contributed by atoms with Crippen LogP contribution in [0.3, 0.4) is 0 Å². The summed E-state index contributed by atoms with van der Waals surface area (Å²) in [5.74, 6) is -0.0130. The third-order valence-electron chi connectivity index (χ3n) is 3.06. The van der Waals surface area contributed by atoms with Gasteiger partial charge in [-0.05, 0) is 30.8 Å². The fourth-order valence-corrected chi connectivity index (χ4v) is 2.02. The molecule has 1 heterocycles. The SMILES string of the molecule is CCNCC(=O)Nc1ccc(N2CCOCC2)cc1.Cl. The number of nitrogens with zero attached hydrogens (tertiary/aromatic N) is 1. The summed E-state index contributed by atoms with van der Waals surface area (Å²) in [6.07, 6.45) is 0. The number of halogens is 1. The number of anilines is 2. The van der Waals surface area contributed by atoms with E-state index in [1.165, 1.54) is 5.69 Å². The van der Waals surface area contributed by atoms with Crippen molar-refractivity contribution in [1.82, 2.24) is 5.32 Å². The predicted molar refractivity (Wildman–Crippen MR) is 83.9 cm³/mol. The van der Waals surface area contributed by atoms with Crippen molar-refractivity contribution in [1.29, 1.82) is 0 Å². The molecule has 2 rings (SSSR count). The summed E-state index contributed by atoms with van der Waals surface area (Å²) >= 11 is 0. The fraction of sp³-hybridized carbons (Fsp3) is 0.500. The number of likely N-dealkylation sites (N-methyl/N-ethyl adjacent to an activating group) is 1. The molecule has 1 aromatic rings. The van der Waals surface area contributed by atoms with E-state index < -0.39 is 0 Å². The van der Waals surface area contributed by atoms with Crippen molar-refractivity contribution in [2.75, 3.05) is 49.6 Å². The number of nitrogens with one attached hydrogen (secondary N) is 2. The lowest BCUT2D eigenvalue weighted by Gasteiger charge is -2.28. The highest BCUT2D eigenvalue weighted by atomic mass is 35.5. The summed E-state index contributed by atoms with van der Waals surface area (Å²) in [4.78, 5) is 13.8. The molecule has 0 bridgehead atoms. The monoisotopic (exact) mass is 299 g/mol. The molecule has 0 aromatic heterocycles. The number of carbonyl (C=O) groups excluding carboxylic acids is 1. The van der Waals surface area contributed by atoms with Gasteiger partial charge in [-0.2, -0.15) is 0 Å². The molecule has 0 spiro atoms. The van der Waals surface area contributed by atoms with Crippen LogP contribution in [0.15, 0.2) is 24.3 Å². The molecular formula is C14H22ClN3O2. The molecule has 1 fully saturated rings. The number of hydrogen-bond donors (Lipinski definition) is 2. The van der Waals surface area contributed by atoms with E-state index in [0.717, 1.165) is 38.5 Å². The van der Waals surface area contributed by atoms with Crippen LogP contribution in [0.1, 0.15) is 6.92 Å². The minimum atomic E-state index is -0.0130. The zero-order chi connectivity index (χ0) is 13.5. The zero-order valence-corrected chi connectivity index (χ0v) is 12.5. The van der Waals surface area contributed by atoms with E-state index >= 15 is 0 Å². The van der Waals surface area contributed by atoms with Crippen molar-refractivity contribution in [2.45, 2.75) is 6.92 Å². The van der Waals surface area contributed by atoms with Crippen LogP contribution in [0.25, 0.3) is 0 Å². The molecule has 1 aliphatic rings. The molecule has 112 valence electrons. The number of amides is 1. The first-order valence-electron chi connectivity index (χ1n) is 6.73. The van der Waals surface area contributed by atoms with Crippen LogP contribution >= 0.6 is 12.4 Å². The zero-order valence-electron chi connectivity index (χ0n) is 11.7. The van der Waals surface area contributed by atoms with Crippen LogP contribution < -0.4 is 15.5 Å². The van der Waals surface area contributed by atoms with Gasteiger partial charge in [0.15, 0.2) is 0 Å². The quantitative estimate of drug-likeness (QED) is 0.865. The molecule has 2 N–H and O–H groups in total. The summed E-state index contributed by atoms with van der Waals surface area (Å²) in [5.41, 5.74) is 2.01. The second-order valence-electron chi connectivity index (χ2n) is 4.47. The van der Waals surface area contributed by atoms with E-state index in [1.807, 2.05) is 31.2 Å². The van der Waals surface area contributed by atoms with Gasteiger partial charge in [0.05, 0.1) is 19.8 Å². The normalized spacial score (nSPS) is 14.6. The Labute approximate surface area is 126 Å². The Morgan fingerprint density at radius 1 is 1.25 bits per heavy atom. The first-order valence-corrected chi connectivity index (χ1v) is 6.73. The van der Waals surface area contributed by atoms with E-state index in [4.69, 9.17) is 4.74 Å². The van der Waals surface area contributed by atoms with Crippen molar-refractivity contribution < 1.29 is 9.53 Å². The highest BCUT2D eigenvalue weighted by Crippen LogP contribution is 2.18. The van der Waals surface area contributed by atoms with Gasteiger partial charge >= 0.3 is 0 Å². The van der Waals surface area contributed by atoms with Crippen LogP contribution in [0.2, 0.25) is 0 Å². The molecule has 1 aromatic carbocycles. The van der Waals surface area contributed by atoms with Gasteiger partial charge in [0.25, 0.3) is 0 Å². The Balaban J connectivity index is 0.00000200. The van der Waals surface area contributed by atoms with Crippen LogP contribution in [-0.2, 0) is 9.53 Å². The number of benzene rings is 1. The maximum atomic E-state index is 11.6. The molecular weight excluding hydrogens is 278 g/mol. The van der Waals surface area contributed by atoms with E-state index in [0.29, 0.717) is 6.54 Å². The lowest BCUT2D eigenvalue weighted by atomic mass is 10.2. The van der Waals surface area contributed by atoms with Crippen LogP contribution in [0, 0.1) is 0 Å². The minimum Gasteiger partial charge on any atom is -0.378 e. The van der Waals surface area contributed by atoms with Crippen molar-refractivity contribution in [3.63, 3.8) is 0 Å². The van der Waals surface area contributed by atoms with Gasteiger partial charge in [0.1, 0.15) is 0 Å². The number of ether oxygens (including phenoxy) is 1. The number of hydrogen-bond acceptors (Lipinski definition) is 4. The lowest BCUT2D eigenvalue weighted by molar-refractivity contribution is -0.115. The highest BCUT2D eigenvalue weighted by Gasteiger charge is 2.10. The standard InChI is InChI=1S/C14H21N3O2.ClH/c1-2-15-11-14(18)16-12-3-5-13(6-4-12)17-7-9-19-10-8-17;/h3-6,15H,2,7-11H2,1H3,(H,16,18);1H. The first kappa shape index (κ1) is 16.8. The maximum absolute atomic E-state index is 11.6. The molecule has 0 aliphatic carbocycles. The van der Waals surface area contributed by atoms with Crippen LogP contribution in [0.5, 0.6) is 0 Å². The first-order chi connectivity index (χ1) is 9.29. The highest BCUT2D eigenvalue weighted by molar-refractivity contribution is 5.92. The summed E-state index contributed by atoms with van der Waals surface area (Å²) in [5, 5.41) is 5.86. The van der Waals surface area contributed by atoms with Crippen molar-refractivity contribution >= 4 is 29.7 Å². The third-order valence-corrected chi connectivity index (χ3v) is 3.06. The van der Waals surface area contributed by atoms with Crippen LogP contribution in [-0.4, -0.2) is 45.3 Å². The Hall–Kier alpha value is -1.30. The van der Waals surface area contributed by atoms with E-state index in [2.05, 4.69) is 15.5 Å². The van der Waals surface area contributed by atoms with Gasteiger partial charge in [-0.1, -0.05) is 6.92 Å². The van der Waals surface area contributed by atoms with Crippen molar-refractivity contribution in [3.8, 4) is 0 Å². The topological polar surface area (TPSA) is 53.6 Å². The largest absolute Gasteiger partial charge is 0.378 e. The molecule has 20 heavy (non-hydrogen) atoms. The van der Waals surface area contributed by atoms with Gasteiger partial charge in [-0.15, -0.1) is 12.4 Å². The summed E-state index contributed by atoms with van der Waals surface area (Å²) < 4.78 is 5.33. The van der Waals surface area contributed by atoms with E-state index in [9.17, 15) is 4.79 Å². The molecule has 6 heteroatoms. The van der Waals surface area contributed by atoms with Crippen molar-refractivity contribution in [3.05, 3.63) is 24.3 Å². The minimum absolute atomic E-state index is 0. The van der Waals surface area contributed by atoms with Gasteiger partial charge in [0.2, 0.25) is 5.91 Å². The smallest absolute Gasteiger partial charge is 0.238 e. The molecule has 0 radical (unpaired) electrons. The Morgan fingerprint density at radius 3 is 2.50 bits per heavy atom. The lowest BCUT2D eigenvalue weighted by Crippen LogP contribution is -2.36. The Kier molecular flexibility index (Phi) is 7.36. The molecule has 1 saturated heterocycles. The van der Waals surface area contributed by atoms with E-state index in [1.54, 1.807) is 0 Å². The molecule has 1 amide bonds. The molecule has 0 saturated carbocycles. The van der Waals surface area contributed by atoms with Crippen LogP contribution in [0.4, 0.5) is 11.4 Å². The summed E-state index contributed by atoms with van der Waals surface area (Å²) in [6, 6.07) is 7.95.